The molecule has 220 valence electrons. The fourth-order valence-electron chi connectivity index (χ4n) is 4.52. The summed E-state index contributed by atoms with van der Waals surface area (Å²) in [5, 5.41) is 2.97. The van der Waals surface area contributed by atoms with Crippen LogP contribution in [0.1, 0.15) is 37.3 Å². The molecule has 8 nitrogen and oxygen atoms in total. The van der Waals surface area contributed by atoms with Gasteiger partial charge in [0, 0.05) is 43.0 Å². The maximum atomic E-state index is 13.9. The fraction of sp³-hybridized carbons (Fsp3) is 0.355. The van der Waals surface area contributed by atoms with Crippen molar-refractivity contribution < 1.29 is 22.7 Å². The van der Waals surface area contributed by atoms with Crippen LogP contribution in [0.3, 0.4) is 0 Å². The first-order valence-corrected chi connectivity index (χ1v) is 16.2. The van der Waals surface area contributed by atoms with Gasteiger partial charge in [0.2, 0.25) is 21.8 Å². The van der Waals surface area contributed by atoms with E-state index in [2.05, 4.69) is 21.2 Å². The highest BCUT2D eigenvalue weighted by atomic mass is 79.9. The monoisotopic (exact) mass is 643 g/mol. The van der Waals surface area contributed by atoms with Crippen molar-refractivity contribution in [2.45, 2.75) is 45.2 Å². The molecule has 3 rings (SSSR count). The second-order valence-electron chi connectivity index (χ2n) is 9.79. The number of nitrogens with zero attached hydrogens (tertiary/aromatic N) is 2. The van der Waals surface area contributed by atoms with Gasteiger partial charge in [0.25, 0.3) is 0 Å². The normalized spacial score (nSPS) is 11.9. The molecule has 0 aliphatic carbocycles. The second-order valence-corrected chi connectivity index (χ2v) is 12.6. The first-order chi connectivity index (χ1) is 19.6. The van der Waals surface area contributed by atoms with Gasteiger partial charge < -0.3 is 15.0 Å². The van der Waals surface area contributed by atoms with Crippen LogP contribution in [0.2, 0.25) is 0 Å². The largest absolute Gasteiger partial charge is 0.497 e. The van der Waals surface area contributed by atoms with E-state index in [0.29, 0.717) is 24.4 Å². The molecule has 1 N–H and O–H groups in total. The Bertz CT molecular complexity index is 1400. The van der Waals surface area contributed by atoms with E-state index < -0.39 is 16.1 Å². The Morgan fingerprint density at radius 2 is 1.68 bits per heavy atom. The summed E-state index contributed by atoms with van der Waals surface area (Å²) in [4.78, 5) is 28.9. The predicted octanol–water partition coefficient (Wildman–Crippen LogP) is 5.17. The summed E-state index contributed by atoms with van der Waals surface area (Å²) < 4.78 is 32.7. The molecule has 0 heterocycles. The maximum absolute atomic E-state index is 13.9. The average Bonchev–Trinajstić information content (AvgIpc) is 2.95. The molecule has 0 radical (unpaired) electrons. The van der Waals surface area contributed by atoms with Gasteiger partial charge in [-0.3, -0.25) is 13.9 Å². The molecule has 1 atom stereocenters. The minimum absolute atomic E-state index is 0.0658. The van der Waals surface area contributed by atoms with E-state index in [-0.39, 0.29) is 37.7 Å². The van der Waals surface area contributed by atoms with E-state index in [9.17, 15) is 18.0 Å². The molecule has 0 saturated heterocycles. The Morgan fingerprint density at radius 1 is 0.976 bits per heavy atom. The smallest absolute Gasteiger partial charge is 0.243 e. The number of carbonyl (C=O) groups excluding carboxylic acids is 2. The number of carbonyl (C=O) groups is 2. The third-order valence-corrected chi connectivity index (χ3v) is 8.24. The molecule has 10 heteroatoms. The lowest BCUT2D eigenvalue weighted by Crippen LogP contribution is -2.50. The molecule has 0 spiro atoms. The van der Waals surface area contributed by atoms with Gasteiger partial charge in [-0.25, -0.2) is 8.42 Å². The van der Waals surface area contributed by atoms with Gasteiger partial charge in [-0.15, -0.1) is 0 Å². The Hall–Kier alpha value is -3.37. The summed E-state index contributed by atoms with van der Waals surface area (Å²) >= 11 is 3.50. The van der Waals surface area contributed by atoms with Crippen LogP contribution in [0.25, 0.3) is 0 Å². The van der Waals surface area contributed by atoms with Crippen molar-refractivity contribution in [3.8, 4) is 5.75 Å². The molecule has 0 aliphatic heterocycles. The van der Waals surface area contributed by atoms with Crippen molar-refractivity contribution >= 4 is 43.5 Å². The third-order valence-electron chi connectivity index (χ3n) is 6.56. The number of nitrogens with one attached hydrogen (secondary N) is 1. The molecule has 0 saturated carbocycles. The van der Waals surface area contributed by atoms with Crippen molar-refractivity contribution in [2.75, 3.05) is 30.8 Å². The van der Waals surface area contributed by atoms with Gasteiger partial charge in [0.15, 0.2) is 0 Å². The first kappa shape index (κ1) is 32.1. The van der Waals surface area contributed by atoms with Gasteiger partial charge in [-0.1, -0.05) is 71.4 Å². The van der Waals surface area contributed by atoms with E-state index in [0.717, 1.165) is 28.3 Å². The highest BCUT2D eigenvalue weighted by Gasteiger charge is 2.30. The number of amides is 2. The Kier molecular flexibility index (Phi) is 12.2. The van der Waals surface area contributed by atoms with Gasteiger partial charge >= 0.3 is 0 Å². The van der Waals surface area contributed by atoms with Crippen LogP contribution >= 0.6 is 15.9 Å². The maximum Gasteiger partial charge on any atom is 0.243 e. The minimum Gasteiger partial charge on any atom is -0.497 e. The molecule has 41 heavy (non-hydrogen) atoms. The summed E-state index contributed by atoms with van der Waals surface area (Å²) in [7, 11) is -2.09. The van der Waals surface area contributed by atoms with Crippen molar-refractivity contribution in [2.24, 2.45) is 0 Å². The number of hydrogen-bond donors (Lipinski definition) is 1. The minimum atomic E-state index is -3.61. The van der Waals surface area contributed by atoms with Crippen LogP contribution < -0.4 is 14.4 Å². The van der Waals surface area contributed by atoms with E-state index in [4.69, 9.17) is 4.74 Å². The Balaban J connectivity index is 1.87. The van der Waals surface area contributed by atoms with Gasteiger partial charge in [-0.05, 0) is 48.2 Å². The van der Waals surface area contributed by atoms with Gasteiger partial charge in [0.05, 0.1) is 19.1 Å². The summed E-state index contributed by atoms with van der Waals surface area (Å²) in [5.74, 6) is 0.0964. The number of benzene rings is 3. The lowest BCUT2D eigenvalue weighted by atomic mass is 10.0. The molecular formula is C31H38BrN3O5S. The van der Waals surface area contributed by atoms with Crippen molar-refractivity contribution in [3.63, 3.8) is 0 Å². The van der Waals surface area contributed by atoms with Crippen LogP contribution in [0.5, 0.6) is 5.75 Å². The molecule has 0 aliphatic rings. The van der Waals surface area contributed by atoms with Crippen molar-refractivity contribution in [3.05, 3.63) is 94.5 Å². The molecule has 0 fully saturated rings. The summed E-state index contributed by atoms with van der Waals surface area (Å²) in [6.07, 6.45) is 2.61. The zero-order valence-corrected chi connectivity index (χ0v) is 26.2. The topological polar surface area (TPSA) is 96.0 Å². The number of methoxy groups -OCH3 is 1. The molecule has 0 unspecified atom stereocenters. The third kappa shape index (κ3) is 9.89. The van der Waals surface area contributed by atoms with Gasteiger partial charge in [0.1, 0.15) is 11.8 Å². The average molecular weight is 645 g/mol. The zero-order valence-electron chi connectivity index (χ0n) is 23.8. The predicted molar refractivity (Wildman–Crippen MR) is 166 cm³/mol. The van der Waals surface area contributed by atoms with Crippen LogP contribution in [-0.4, -0.2) is 57.6 Å². The number of ether oxygens (including phenoxy) is 1. The number of anilines is 1. The quantitative estimate of drug-likeness (QED) is 0.247. The number of halogens is 1. The van der Waals surface area contributed by atoms with Crippen molar-refractivity contribution in [1.29, 1.82) is 0 Å². The number of hydrogen-bond acceptors (Lipinski definition) is 5. The highest BCUT2D eigenvalue weighted by Crippen LogP contribution is 2.24. The van der Waals surface area contributed by atoms with E-state index in [1.807, 2.05) is 61.5 Å². The molecule has 2 amide bonds. The first-order valence-electron chi connectivity index (χ1n) is 13.6. The van der Waals surface area contributed by atoms with Crippen molar-refractivity contribution in [1.82, 2.24) is 10.2 Å². The molecule has 3 aromatic carbocycles. The summed E-state index contributed by atoms with van der Waals surface area (Å²) in [6, 6.07) is 23.3. The molecule has 3 aromatic rings. The lowest BCUT2D eigenvalue weighted by Gasteiger charge is -2.32. The SMILES string of the molecule is CCCNC(=O)[C@H](Cc1ccccc1)N(Cc1cccc(Br)c1)C(=O)CCCN(c1cccc(OC)c1)S(C)(=O)=O. The van der Waals surface area contributed by atoms with Crippen LogP contribution in [0.4, 0.5) is 5.69 Å². The highest BCUT2D eigenvalue weighted by molar-refractivity contribution is 9.10. The number of sulfonamides is 1. The fourth-order valence-corrected chi connectivity index (χ4v) is 5.93. The van der Waals surface area contributed by atoms with E-state index in [1.165, 1.54) is 11.4 Å². The van der Waals surface area contributed by atoms with E-state index >= 15 is 0 Å². The van der Waals surface area contributed by atoms with Crippen LogP contribution in [-0.2, 0) is 32.6 Å². The molecular weight excluding hydrogens is 606 g/mol. The van der Waals surface area contributed by atoms with Crippen LogP contribution in [0, 0.1) is 0 Å². The standard InChI is InChI=1S/C31H38BrN3O5S/c1-4-18-33-31(37)29(21-24-11-6-5-7-12-24)34(23-25-13-8-14-26(32)20-25)30(36)17-10-19-35(41(3,38)39)27-15-9-16-28(22-27)40-2/h5-9,11-16,20,22,29H,4,10,17-19,21,23H2,1-3H3,(H,33,37)/t29-/m0/s1. The molecule has 0 aromatic heterocycles. The van der Waals surface area contributed by atoms with Crippen LogP contribution in [0.15, 0.2) is 83.3 Å². The van der Waals surface area contributed by atoms with Gasteiger partial charge in [-0.2, -0.15) is 0 Å². The summed E-state index contributed by atoms with van der Waals surface area (Å²) in [6.45, 7) is 2.83. The zero-order chi connectivity index (χ0) is 29.8. The summed E-state index contributed by atoms with van der Waals surface area (Å²) in [5.41, 5.74) is 2.28. The number of rotatable bonds is 15. The second kappa shape index (κ2) is 15.6. The molecule has 0 bridgehead atoms. The Labute approximate surface area is 251 Å². The Morgan fingerprint density at radius 3 is 2.34 bits per heavy atom. The van der Waals surface area contributed by atoms with E-state index in [1.54, 1.807) is 29.2 Å². The lowest BCUT2D eigenvalue weighted by molar-refractivity contribution is -0.141.